The molecule has 3 heteroatoms. The van der Waals surface area contributed by atoms with Gasteiger partial charge in [-0.2, -0.15) is 0 Å². The van der Waals surface area contributed by atoms with Crippen molar-refractivity contribution in [3.05, 3.63) is 35.8 Å². The van der Waals surface area contributed by atoms with Crippen molar-refractivity contribution >= 4 is 10.9 Å². The van der Waals surface area contributed by atoms with Crippen LogP contribution in [0.1, 0.15) is 18.4 Å². The average molecular weight is 192 g/mol. The summed E-state index contributed by atoms with van der Waals surface area (Å²) < 4.78 is 12.9. The molecule has 3 N–H and O–H groups in total. The Kier molecular flexibility index (Phi) is 2.25. The van der Waals surface area contributed by atoms with Gasteiger partial charge in [0.25, 0.3) is 0 Å². The minimum absolute atomic E-state index is 0.216. The molecule has 74 valence electrons. The van der Waals surface area contributed by atoms with Crippen molar-refractivity contribution in [2.45, 2.75) is 12.8 Å². The highest BCUT2D eigenvalue weighted by atomic mass is 19.1. The molecule has 0 aliphatic rings. The third-order valence-electron chi connectivity index (χ3n) is 2.56. The summed E-state index contributed by atoms with van der Waals surface area (Å²) in [6.45, 7) is 2.66. The molecular weight excluding hydrogens is 179 g/mol. The molecule has 0 unspecified atom stereocenters. The number of aromatic nitrogens is 1. The van der Waals surface area contributed by atoms with Crippen molar-refractivity contribution in [3.8, 4) is 0 Å². The van der Waals surface area contributed by atoms with Crippen LogP contribution in [-0.4, -0.2) is 11.5 Å². The molecule has 0 radical (unpaired) electrons. The zero-order valence-corrected chi connectivity index (χ0v) is 8.05. The highest BCUT2D eigenvalue weighted by Gasteiger charge is 2.09. The predicted molar refractivity (Wildman–Crippen MR) is 55.7 cm³/mol. The average Bonchev–Trinajstić information content (AvgIpc) is 2.59. The summed E-state index contributed by atoms with van der Waals surface area (Å²) in [5.41, 5.74) is 7.58. The molecule has 2 aromatic rings. The summed E-state index contributed by atoms with van der Waals surface area (Å²) in [6, 6.07) is 4.77. The van der Waals surface area contributed by atoms with Crippen LogP contribution in [-0.2, 0) is 0 Å². The fourth-order valence-electron chi connectivity index (χ4n) is 1.66. The lowest BCUT2D eigenvalue weighted by Gasteiger charge is -2.05. The lowest BCUT2D eigenvalue weighted by atomic mass is 10.0. The first-order valence-electron chi connectivity index (χ1n) is 4.69. The number of halogens is 1. The minimum Gasteiger partial charge on any atom is -0.361 e. The number of nitrogens with two attached hydrogens (primary N) is 1. The van der Waals surface area contributed by atoms with Gasteiger partial charge in [-0.3, -0.25) is 0 Å². The predicted octanol–water partition coefficient (Wildman–Crippen LogP) is 2.37. The van der Waals surface area contributed by atoms with E-state index in [0.29, 0.717) is 12.5 Å². The van der Waals surface area contributed by atoms with Crippen molar-refractivity contribution in [1.82, 2.24) is 4.98 Å². The van der Waals surface area contributed by atoms with Gasteiger partial charge in [-0.15, -0.1) is 0 Å². The van der Waals surface area contributed by atoms with Crippen LogP contribution in [0.25, 0.3) is 10.9 Å². The van der Waals surface area contributed by atoms with Gasteiger partial charge in [-0.1, -0.05) is 6.92 Å². The van der Waals surface area contributed by atoms with E-state index in [1.165, 1.54) is 12.1 Å². The van der Waals surface area contributed by atoms with Crippen LogP contribution in [0.4, 0.5) is 4.39 Å². The molecule has 0 saturated carbocycles. The second kappa shape index (κ2) is 3.42. The van der Waals surface area contributed by atoms with Gasteiger partial charge in [0.05, 0.1) is 0 Å². The van der Waals surface area contributed by atoms with Crippen molar-refractivity contribution < 1.29 is 4.39 Å². The van der Waals surface area contributed by atoms with Crippen LogP contribution in [0.3, 0.4) is 0 Å². The van der Waals surface area contributed by atoms with Gasteiger partial charge < -0.3 is 10.7 Å². The Labute approximate surface area is 81.9 Å². The monoisotopic (exact) mass is 192 g/mol. The summed E-state index contributed by atoms with van der Waals surface area (Å²) in [5.74, 6) is 0.0838. The molecule has 0 fully saturated rings. The van der Waals surface area contributed by atoms with Crippen molar-refractivity contribution in [2.24, 2.45) is 5.73 Å². The smallest absolute Gasteiger partial charge is 0.125 e. The molecule has 0 aliphatic heterocycles. The second-order valence-corrected chi connectivity index (χ2v) is 3.57. The highest BCUT2D eigenvalue weighted by molar-refractivity contribution is 5.83. The highest BCUT2D eigenvalue weighted by Crippen LogP contribution is 2.25. The summed E-state index contributed by atoms with van der Waals surface area (Å²) in [7, 11) is 0. The van der Waals surface area contributed by atoms with E-state index >= 15 is 0 Å². The Morgan fingerprint density at radius 3 is 3.00 bits per heavy atom. The van der Waals surface area contributed by atoms with Gasteiger partial charge in [0.1, 0.15) is 5.82 Å². The fraction of sp³-hybridized carbons (Fsp3) is 0.273. The number of H-pyrrole nitrogens is 1. The van der Waals surface area contributed by atoms with Crippen molar-refractivity contribution in [3.63, 3.8) is 0 Å². The van der Waals surface area contributed by atoms with Crippen LogP contribution < -0.4 is 5.73 Å². The van der Waals surface area contributed by atoms with Crippen LogP contribution in [0, 0.1) is 5.82 Å². The topological polar surface area (TPSA) is 41.8 Å². The molecule has 2 rings (SSSR count). The Morgan fingerprint density at radius 1 is 1.50 bits per heavy atom. The summed E-state index contributed by atoms with van der Waals surface area (Å²) in [6.07, 6.45) is 1.90. The van der Waals surface area contributed by atoms with E-state index in [-0.39, 0.29) is 5.82 Å². The molecule has 0 saturated heterocycles. The molecule has 14 heavy (non-hydrogen) atoms. The third kappa shape index (κ3) is 1.40. The molecule has 0 aliphatic carbocycles. The lowest BCUT2D eigenvalue weighted by molar-refractivity contribution is 0.629. The van der Waals surface area contributed by atoms with Gasteiger partial charge in [0.2, 0.25) is 0 Å². The molecule has 0 bridgehead atoms. The van der Waals surface area contributed by atoms with Gasteiger partial charge >= 0.3 is 0 Å². The maximum absolute atomic E-state index is 12.9. The van der Waals surface area contributed by atoms with Crippen LogP contribution in [0.2, 0.25) is 0 Å². The summed E-state index contributed by atoms with van der Waals surface area (Å²) in [5, 5.41) is 1.06. The zero-order valence-electron chi connectivity index (χ0n) is 8.05. The van der Waals surface area contributed by atoms with Crippen molar-refractivity contribution in [2.75, 3.05) is 6.54 Å². The number of fused-ring (bicyclic) bond motifs is 1. The van der Waals surface area contributed by atoms with Gasteiger partial charge in [-0.05, 0) is 36.2 Å². The summed E-state index contributed by atoms with van der Waals surface area (Å²) in [4.78, 5) is 3.05. The maximum Gasteiger partial charge on any atom is 0.125 e. The standard InChI is InChI=1S/C11H13FN2/c1-7(5-13)10-6-14-11-4-8(12)2-3-9(10)11/h2-4,6-7,14H,5,13H2,1H3/t7-/m0/s1. The van der Waals surface area contributed by atoms with E-state index in [2.05, 4.69) is 11.9 Å². The normalized spacial score (nSPS) is 13.4. The van der Waals surface area contributed by atoms with Crippen LogP contribution in [0.5, 0.6) is 0 Å². The van der Waals surface area contributed by atoms with E-state index in [0.717, 1.165) is 16.5 Å². The number of benzene rings is 1. The van der Waals surface area contributed by atoms with E-state index in [4.69, 9.17) is 5.73 Å². The molecule has 1 aromatic heterocycles. The Balaban J connectivity index is 2.58. The molecule has 0 spiro atoms. The molecule has 1 atom stereocenters. The SMILES string of the molecule is C[C@@H](CN)c1c[nH]c2cc(F)ccc12. The second-order valence-electron chi connectivity index (χ2n) is 3.57. The zero-order chi connectivity index (χ0) is 10.1. The number of aromatic amines is 1. The molecule has 0 amide bonds. The van der Waals surface area contributed by atoms with Gasteiger partial charge in [0.15, 0.2) is 0 Å². The fourth-order valence-corrected chi connectivity index (χ4v) is 1.66. The van der Waals surface area contributed by atoms with E-state index < -0.39 is 0 Å². The number of rotatable bonds is 2. The lowest BCUT2D eigenvalue weighted by Crippen LogP contribution is -2.08. The number of hydrogen-bond donors (Lipinski definition) is 2. The first kappa shape index (κ1) is 9.21. The van der Waals surface area contributed by atoms with Crippen molar-refractivity contribution in [1.29, 1.82) is 0 Å². The first-order chi connectivity index (χ1) is 6.72. The quantitative estimate of drug-likeness (QED) is 0.753. The molecule has 2 nitrogen and oxygen atoms in total. The largest absolute Gasteiger partial charge is 0.361 e. The number of hydrogen-bond acceptors (Lipinski definition) is 1. The molecule has 1 heterocycles. The van der Waals surface area contributed by atoms with Gasteiger partial charge in [-0.25, -0.2) is 4.39 Å². The van der Waals surface area contributed by atoms with E-state index in [1.807, 2.05) is 6.20 Å². The van der Waals surface area contributed by atoms with Crippen LogP contribution >= 0.6 is 0 Å². The minimum atomic E-state index is -0.216. The Hall–Kier alpha value is -1.35. The third-order valence-corrected chi connectivity index (χ3v) is 2.56. The van der Waals surface area contributed by atoms with E-state index in [9.17, 15) is 4.39 Å². The Bertz CT molecular complexity index is 447. The van der Waals surface area contributed by atoms with Crippen LogP contribution in [0.15, 0.2) is 24.4 Å². The Morgan fingerprint density at radius 2 is 2.29 bits per heavy atom. The number of nitrogens with one attached hydrogen (secondary N) is 1. The summed E-state index contributed by atoms with van der Waals surface area (Å²) >= 11 is 0. The molecular formula is C11H13FN2. The van der Waals surface area contributed by atoms with Gasteiger partial charge in [0, 0.05) is 17.1 Å². The van der Waals surface area contributed by atoms with E-state index in [1.54, 1.807) is 6.07 Å². The molecule has 1 aromatic carbocycles. The first-order valence-corrected chi connectivity index (χ1v) is 4.69. The maximum atomic E-state index is 12.9.